The third-order valence-corrected chi connectivity index (χ3v) is 4.93. The van der Waals surface area contributed by atoms with Crippen LogP contribution in [0.4, 0.5) is 10.1 Å². The summed E-state index contributed by atoms with van der Waals surface area (Å²) in [5, 5.41) is 10.9. The van der Waals surface area contributed by atoms with Gasteiger partial charge in [0, 0.05) is 17.7 Å². The van der Waals surface area contributed by atoms with Crippen molar-refractivity contribution >= 4 is 15.7 Å². The molecule has 0 bridgehead atoms. The normalized spacial score (nSPS) is 12.8. The quantitative estimate of drug-likeness (QED) is 0.670. The van der Waals surface area contributed by atoms with Crippen molar-refractivity contribution in [1.82, 2.24) is 4.72 Å². The highest BCUT2D eigenvalue weighted by Gasteiger charge is 2.22. The van der Waals surface area contributed by atoms with Crippen LogP contribution in [-0.4, -0.2) is 13.3 Å². The van der Waals surface area contributed by atoms with Gasteiger partial charge in [-0.1, -0.05) is 18.2 Å². The van der Waals surface area contributed by atoms with E-state index in [4.69, 9.17) is 0 Å². The molecule has 2 rings (SSSR count). The Morgan fingerprint density at radius 1 is 1.17 bits per heavy atom. The molecule has 1 atom stereocenters. The molecule has 0 unspecified atom stereocenters. The largest absolute Gasteiger partial charge is 0.273 e. The Hall–Kier alpha value is -2.32. The van der Waals surface area contributed by atoms with Crippen LogP contribution >= 0.6 is 0 Å². The second-order valence-corrected chi connectivity index (χ2v) is 6.81. The van der Waals surface area contributed by atoms with Crippen LogP contribution in [0.25, 0.3) is 0 Å². The summed E-state index contributed by atoms with van der Waals surface area (Å²) in [5.41, 5.74) is 0.694. The maximum Gasteiger partial charge on any atom is 0.273 e. The van der Waals surface area contributed by atoms with Gasteiger partial charge in [-0.3, -0.25) is 10.1 Å². The van der Waals surface area contributed by atoms with Gasteiger partial charge in [-0.2, -0.15) is 0 Å². The molecule has 8 heteroatoms. The SMILES string of the molecule is Cc1ccc(S(=O)(=O)N[C@H](C)c2ccc(F)cc2)cc1[N+](=O)[O-]. The van der Waals surface area contributed by atoms with Crippen molar-refractivity contribution in [2.24, 2.45) is 0 Å². The predicted octanol–water partition coefficient (Wildman–Crippen LogP) is 3.08. The fourth-order valence-electron chi connectivity index (χ4n) is 2.07. The number of aryl methyl sites for hydroxylation is 1. The number of hydrogen-bond donors (Lipinski definition) is 1. The summed E-state index contributed by atoms with van der Waals surface area (Å²) >= 11 is 0. The van der Waals surface area contributed by atoms with Crippen LogP contribution in [0.5, 0.6) is 0 Å². The van der Waals surface area contributed by atoms with Crippen LogP contribution in [0.15, 0.2) is 47.4 Å². The third-order valence-electron chi connectivity index (χ3n) is 3.39. The van der Waals surface area contributed by atoms with Crippen LogP contribution in [0.3, 0.4) is 0 Å². The van der Waals surface area contributed by atoms with E-state index < -0.39 is 26.8 Å². The van der Waals surface area contributed by atoms with Crippen LogP contribution in [0.1, 0.15) is 24.1 Å². The molecule has 2 aromatic rings. The van der Waals surface area contributed by atoms with Gasteiger partial charge < -0.3 is 0 Å². The van der Waals surface area contributed by atoms with Crippen LogP contribution in [0.2, 0.25) is 0 Å². The summed E-state index contributed by atoms with van der Waals surface area (Å²) in [4.78, 5) is 10.1. The molecule has 1 N–H and O–H groups in total. The van der Waals surface area contributed by atoms with E-state index in [-0.39, 0.29) is 10.6 Å². The first-order chi connectivity index (χ1) is 10.7. The summed E-state index contributed by atoms with van der Waals surface area (Å²) in [6.07, 6.45) is 0. The molecule has 0 saturated heterocycles. The molecule has 0 aromatic heterocycles. The lowest BCUT2D eigenvalue weighted by Crippen LogP contribution is -2.27. The van der Waals surface area contributed by atoms with Gasteiger partial charge in [0.05, 0.1) is 9.82 Å². The molecule has 0 aliphatic rings. The van der Waals surface area contributed by atoms with Gasteiger partial charge in [0.2, 0.25) is 10.0 Å². The fourth-order valence-corrected chi connectivity index (χ4v) is 3.32. The monoisotopic (exact) mass is 338 g/mol. The summed E-state index contributed by atoms with van der Waals surface area (Å²) in [6.45, 7) is 3.14. The Balaban J connectivity index is 2.30. The summed E-state index contributed by atoms with van der Waals surface area (Å²) < 4.78 is 40.1. The van der Waals surface area contributed by atoms with Gasteiger partial charge >= 0.3 is 0 Å². The maximum atomic E-state index is 12.9. The van der Waals surface area contributed by atoms with Crippen molar-refractivity contribution in [2.45, 2.75) is 24.8 Å². The molecule has 122 valence electrons. The number of nitrogens with one attached hydrogen (secondary N) is 1. The molecule has 2 aromatic carbocycles. The lowest BCUT2D eigenvalue weighted by Gasteiger charge is -2.15. The predicted molar refractivity (Wildman–Crippen MR) is 83.0 cm³/mol. The second kappa shape index (κ2) is 6.43. The van der Waals surface area contributed by atoms with Gasteiger partial charge in [0.15, 0.2) is 0 Å². The summed E-state index contributed by atoms with van der Waals surface area (Å²) in [7, 11) is -3.94. The number of nitro groups is 1. The van der Waals surface area contributed by atoms with E-state index in [2.05, 4.69) is 4.72 Å². The Morgan fingerprint density at radius 3 is 2.35 bits per heavy atom. The Bertz CT molecular complexity index is 835. The van der Waals surface area contributed by atoms with Gasteiger partial charge in [0.25, 0.3) is 5.69 Å². The van der Waals surface area contributed by atoms with Crippen LogP contribution in [0, 0.1) is 22.9 Å². The van der Waals surface area contributed by atoms with E-state index in [1.807, 2.05) is 0 Å². The molecular formula is C15H15FN2O4S. The average molecular weight is 338 g/mol. The summed E-state index contributed by atoms with van der Waals surface area (Å²) in [6, 6.07) is 8.52. The number of nitro benzene ring substituents is 1. The highest BCUT2D eigenvalue weighted by Crippen LogP contribution is 2.23. The molecule has 0 aliphatic heterocycles. The molecule has 0 heterocycles. The van der Waals surface area contributed by atoms with E-state index in [1.165, 1.54) is 43.3 Å². The highest BCUT2D eigenvalue weighted by atomic mass is 32.2. The topological polar surface area (TPSA) is 89.3 Å². The number of nitrogens with zero attached hydrogens (tertiary/aromatic N) is 1. The number of benzene rings is 2. The van der Waals surface area contributed by atoms with Crippen LogP contribution < -0.4 is 4.72 Å². The zero-order valence-corrected chi connectivity index (χ0v) is 13.3. The van der Waals surface area contributed by atoms with Crippen molar-refractivity contribution < 1.29 is 17.7 Å². The van der Waals surface area contributed by atoms with Crippen molar-refractivity contribution in [2.75, 3.05) is 0 Å². The Kier molecular flexibility index (Phi) is 4.76. The minimum atomic E-state index is -3.94. The maximum absolute atomic E-state index is 12.9. The van der Waals surface area contributed by atoms with Crippen molar-refractivity contribution in [3.8, 4) is 0 Å². The lowest BCUT2D eigenvalue weighted by molar-refractivity contribution is -0.385. The number of hydrogen-bond acceptors (Lipinski definition) is 4. The van der Waals surface area contributed by atoms with Gasteiger partial charge in [-0.15, -0.1) is 0 Å². The molecule has 23 heavy (non-hydrogen) atoms. The van der Waals surface area contributed by atoms with E-state index in [9.17, 15) is 22.9 Å². The van der Waals surface area contributed by atoms with Crippen molar-refractivity contribution in [3.63, 3.8) is 0 Å². The van der Waals surface area contributed by atoms with E-state index in [1.54, 1.807) is 6.92 Å². The van der Waals surface area contributed by atoms with Gasteiger partial charge in [-0.25, -0.2) is 17.5 Å². The van der Waals surface area contributed by atoms with Crippen LogP contribution in [-0.2, 0) is 10.0 Å². The minimum Gasteiger partial charge on any atom is -0.258 e. The van der Waals surface area contributed by atoms with Crippen molar-refractivity contribution in [1.29, 1.82) is 0 Å². The van der Waals surface area contributed by atoms with E-state index >= 15 is 0 Å². The highest BCUT2D eigenvalue weighted by molar-refractivity contribution is 7.89. The minimum absolute atomic E-state index is 0.191. The average Bonchev–Trinajstić information content (AvgIpc) is 2.47. The number of rotatable bonds is 5. The fraction of sp³-hybridized carbons (Fsp3) is 0.200. The lowest BCUT2D eigenvalue weighted by atomic mass is 10.1. The smallest absolute Gasteiger partial charge is 0.258 e. The van der Waals surface area contributed by atoms with E-state index in [0.717, 1.165) is 6.07 Å². The molecule has 0 saturated carbocycles. The molecule has 6 nitrogen and oxygen atoms in total. The van der Waals surface area contributed by atoms with Crippen molar-refractivity contribution in [3.05, 3.63) is 69.5 Å². The number of halogens is 1. The molecule has 0 aliphatic carbocycles. The molecule has 0 amide bonds. The first kappa shape index (κ1) is 17.0. The second-order valence-electron chi connectivity index (χ2n) is 5.10. The summed E-state index contributed by atoms with van der Waals surface area (Å²) in [5.74, 6) is -0.419. The zero-order valence-electron chi connectivity index (χ0n) is 12.5. The zero-order chi connectivity index (χ0) is 17.2. The first-order valence-electron chi connectivity index (χ1n) is 6.73. The first-order valence-corrected chi connectivity index (χ1v) is 8.22. The molecule has 0 fully saturated rings. The van der Waals surface area contributed by atoms with E-state index in [0.29, 0.717) is 11.1 Å². The van der Waals surface area contributed by atoms with Gasteiger partial charge in [-0.05, 0) is 37.6 Å². The third kappa shape index (κ3) is 3.91. The Labute approximate surface area is 133 Å². The standard InChI is InChI=1S/C15H15FN2O4S/c1-10-3-8-14(9-15(10)18(19)20)23(21,22)17-11(2)12-4-6-13(16)7-5-12/h3-9,11,17H,1-2H3/t11-/m1/s1. The molecular weight excluding hydrogens is 323 g/mol. The van der Waals surface area contributed by atoms with Gasteiger partial charge in [0.1, 0.15) is 5.82 Å². The molecule has 0 radical (unpaired) electrons. The molecule has 0 spiro atoms. The number of sulfonamides is 1. The Morgan fingerprint density at radius 2 is 1.78 bits per heavy atom.